The summed E-state index contributed by atoms with van der Waals surface area (Å²) in [6, 6.07) is 0. The number of hydrogen-bond donors (Lipinski definition) is 1. The van der Waals surface area contributed by atoms with Crippen molar-refractivity contribution in [2.24, 2.45) is 17.3 Å². The molecule has 2 heteroatoms. The number of hydrogen-bond acceptors (Lipinski definition) is 1. The van der Waals surface area contributed by atoms with E-state index in [9.17, 15) is 9.90 Å². The minimum atomic E-state index is -0.515. The van der Waals surface area contributed by atoms with Crippen LogP contribution in [0.1, 0.15) is 58.3 Å². The number of carboxylic acids is 1. The molecule has 0 aromatic rings. The Kier molecular flexibility index (Phi) is 3.03. The van der Waals surface area contributed by atoms with E-state index in [1.165, 1.54) is 25.7 Å². The second-order valence-electron chi connectivity index (χ2n) is 5.37. The average molecular weight is 210 g/mol. The van der Waals surface area contributed by atoms with E-state index in [-0.39, 0.29) is 5.41 Å². The molecule has 0 radical (unpaired) electrons. The lowest BCUT2D eigenvalue weighted by molar-refractivity contribution is -0.164. The lowest BCUT2D eigenvalue weighted by Crippen LogP contribution is -2.48. The van der Waals surface area contributed by atoms with Gasteiger partial charge in [0.1, 0.15) is 0 Å². The van der Waals surface area contributed by atoms with Crippen molar-refractivity contribution in [3.63, 3.8) is 0 Å². The predicted molar refractivity (Wildman–Crippen MR) is 59.7 cm³/mol. The van der Waals surface area contributed by atoms with Crippen LogP contribution in [0, 0.1) is 17.3 Å². The van der Waals surface area contributed by atoms with Crippen LogP contribution in [0.25, 0.3) is 0 Å². The van der Waals surface area contributed by atoms with Crippen molar-refractivity contribution in [3.05, 3.63) is 0 Å². The average Bonchev–Trinajstić information content (AvgIpc) is 2.16. The number of carbonyl (C=O) groups is 1. The molecular formula is C13H22O2. The lowest BCUT2D eigenvalue weighted by Gasteiger charge is -2.49. The molecule has 2 rings (SSSR count). The summed E-state index contributed by atoms with van der Waals surface area (Å²) in [6.07, 6.45) is 9.13. The maximum Gasteiger partial charge on any atom is 0.309 e. The second-order valence-corrected chi connectivity index (χ2v) is 5.37. The van der Waals surface area contributed by atoms with Crippen molar-refractivity contribution in [1.82, 2.24) is 0 Å². The molecule has 0 saturated heterocycles. The van der Waals surface area contributed by atoms with Gasteiger partial charge in [0.15, 0.2) is 0 Å². The maximum absolute atomic E-state index is 11.5. The molecule has 2 atom stereocenters. The molecule has 0 aliphatic heterocycles. The van der Waals surface area contributed by atoms with Crippen molar-refractivity contribution in [1.29, 1.82) is 0 Å². The van der Waals surface area contributed by atoms with Gasteiger partial charge in [-0.15, -0.1) is 0 Å². The van der Waals surface area contributed by atoms with Crippen LogP contribution in [0.5, 0.6) is 0 Å². The van der Waals surface area contributed by atoms with Crippen LogP contribution in [0.3, 0.4) is 0 Å². The molecule has 0 aromatic heterocycles. The van der Waals surface area contributed by atoms with Crippen LogP contribution in [-0.2, 0) is 4.79 Å². The summed E-state index contributed by atoms with van der Waals surface area (Å²) in [7, 11) is 0. The number of aliphatic carboxylic acids is 1. The molecule has 0 heterocycles. The summed E-state index contributed by atoms with van der Waals surface area (Å²) in [5.74, 6) is 0.636. The molecule has 0 aromatic carbocycles. The molecule has 0 spiro atoms. The first kappa shape index (κ1) is 11.0. The Hall–Kier alpha value is -0.530. The van der Waals surface area contributed by atoms with Gasteiger partial charge in [0, 0.05) is 0 Å². The van der Waals surface area contributed by atoms with Gasteiger partial charge < -0.3 is 5.11 Å². The molecule has 2 saturated carbocycles. The summed E-state index contributed by atoms with van der Waals surface area (Å²) in [5, 5.41) is 9.45. The van der Waals surface area contributed by atoms with E-state index in [2.05, 4.69) is 6.92 Å². The quantitative estimate of drug-likeness (QED) is 0.774. The van der Waals surface area contributed by atoms with Crippen LogP contribution < -0.4 is 0 Å². The third kappa shape index (κ3) is 1.68. The van der Waals surface area contributed by atoms with E-state index in [4.69, 9.17) is 0 Å². The number of rotatable bonds is 3. The molecule has 0 bridgehead atoms. The minimum absolute atomic E-state index is 0.318. The van der Waals surface area contributed by atoms with Crippen LogP contribution in [0.15, 0.2) is 0 Å². The van der Waals surface area contributed by atoms with Gasteiger partial charge in [0.2, 0.25) is 0 Å². The molecule has 86 valence electrons. The van der Waals surface area contributed by atoms with Gasteiger partial charge >= 0.3 is 5.97 Å². The van der Waals surface area contributed by atoms with Crippen molar-refractivity contribution >= 4 is 5.97 Å². The van der Waals surface area contributed by atoms with Crippen molar-refractivity contribution < 1.29 is 9.90 Å². The fraction of sp³-hybridized carbons (Fsp3) is 0.923. The summed E-state index contributed by atoms with van der Waals surface area (Å²) in [6.45, 7) is 2.22. The normalized spacial score (nSPS) is 34.5. The molecule has 2 unspecified atom stereocenters. The zero-order valence-electron chi connectivity index (χ0n) is 9.67. The zero-order valence-corrected chi connectivity index (χ0v) is 9.67. The zero-order chi connectivity index (χ0) is 10.9. The summed E-state index contributed by atoms with van der Waals surface area (Å²) < 4.78 is 0. The first-order chi connectivity index (χ1) is 7.20. The standard InChI is InChI=1S/C13H22O2/c1-2-10-6-3-4-7-11(10)13(12(14)15)8-5-9-13/h10-11H,2-9H2,1H3,(H,14,15). The SMILES string of the molecule is CCC1CCCCC1C1(C(=O)O)CCC1. The van der Waals surface area contributed by atoms with Crippen LogP contribution in [0.2, 0.25) is 0 Å². The van der Waals surface area contributed by atoms with Gasteiger partial charge in [0.25, 0.3) is 0 Å². The van der Waals surface area contributed by atoms with E-state index in [0.717, 1.165) is 25.7 Å². The highest BCUT2D eigenvalue weighted by atomic mass is 16.4. The summed E-state index contributed by atoms with van der Waals surface area (Å²) in [5.41, 5.74) is -0.318. The van der Waals surface area contributed by atoms with Gasteiger partial charge in [-0.3, -0.25) is 4.79 Å². The third-order valence-corrected chi connectivity index (χ3v) is 4.81. The van der Waals surface area contributed by atoms with Crippen molar-refractivity contribution in [2.75, 3.05) is 0 Å². The highest BCUT2D eigenvalue weighted by Crippen LogP contribution is 2.54. The van der Waals surface area contributed by atoms with Crippen LogP contribution in [-0.4, -0.2) is 11.1 Å². The minimum Gasteiger partial charge on any atom is -0.481 e. The molecule has 2 fully saturated rings. The Bertz CT molecular complexity index is 243. The highest BCUT2D eigenvalue weighted by molar-refractivity contribution is 5.76. The first-order valence-corrected chi connectivity index (χ1v) is 6.44. The molecular weight excluding hydrogens is 188 g/mol. The lowest BCUT2D eigenvalue weighted by atomic mass is 9.54. The molecule has 15 heavy (non-hydrogen) atoms. The Morgan fingerprint density at radius 1 is 1.27 bits per heavy atom. The highest BCUT2D eigenvalue weighted by Gasteiger charge is 2.52. The fourth-order valence-corrected chi connectivity index (χ4v) is 3.72. The van der Waals surface area contributed by atoms with Crippen LogP contribution in [0.4, 0.5) is 0 Å². The second kappa shape index (κ2) is 4.15. The summed E-state index contributed by atoms with van der Waals surface area (Å²) in [4.78, 5) is 11.5. The van der Waals surface area contributed by atoms with Crippen molar-refractivity contribution in [3.8, 4) is 0 Å². The maximum atomic E-state index is 11.5. The van der Waals surface area contributed by atoms with Gasteiger partial charge in [0.05, 0.1) is 5.41 Å². The third-order valence-electron chi connectivity index (χ3n) is 4.81. The largest absolute Gasteiger partial charge is 0.481 e. The van der Waals surface area contributed by atoms with Gasteiger partial charge in [-0.25, -0.2) is 0 Å². The monoisotopic (exact) mass is 210 g/mol. The number of carboxylic acid groups (broad SMARTS) is 1. The molecule has 0 amide bonds. The molecule has 2 aliphatic rings. The van der Waals surface area contributed by atoms with E-state index in [1.807, 2.05) is 0 Å². The smallest absolute Gasteiger partial charge is 0.309 e. The predicted octanol–water partition coefficient (Wildman–Crippen LogP) is 3.46. The van der Waals surface area contributed by atoms with Gasteiger partial charge in [-0.05, 0) is 31.1 Å². The summed E-state index contributed by atoms with van der Waals surface area (Å²) >= 11 is 0. The Balaban J connectivity index is 2.15. The van der Waals surface area contributed by atoms with E-state index in [1.54, 1.807) is 0 Å². The molecule has 1 N–H and O–H groups in total. The molecule has 2 nitrogen and oxygen atoms in total. The van der Waals surface area contributed by atoms with Gasteiger partial charge in [-0.2, -0.15) is 0 Å². The Morgan fingerprint density at radius 2 is 1.93 bits per heavy atom. The fourth-order valence-electron chi connectivity index (χ4n) is 3.72. The molecule has 2 aliphatic carbocycles. The topological polar surface area (TPSA) is 37.3 Å². The Labute approximate surface area is 92.1 Å². The Morgan fingerprint density at radius 3 is 2.40 bits per heavy atom. The van der Waals surface area contributed by atoms with Crippen molar-refractivity contribution in [2.45, 2.75) is 58.3 Å². The van der Waals surface area contributed by atoms with E-state index >= 15 is 0 Å². The van der Waals surface area contributed by atoms with E-state index < -0.39 is 5.97 Å². The first-order valence-electron chi connectivity index (χ1n) is 6.44. The van der Waals surface area contributed by atoms with Crippen LogP contribution >= 0.6 is 0 Å². The van der Waals surface area contributed by atoms with E-state index in [0.29, 0.717) is 11.8 Å². The van der Waals surface area contributed by atoms with Gasteiger partial charge in [-0.1, -0.05) is 39.0 Å².